The van der Waals surface area contributed by atoms with E-state index in [0.717, 1.165) is 0 Å². The molecule has 0 spiro atoms. The zero-order valence-corrected chi connectivity index (χ0v) is 18.0. The minimum Gasteiger partial charge on any atom is -0.493 e. The molecule has 1 heterocycles. The fourth-order valence-corrected chi connectivity index (χ4v) is 4.57. The van der Waals surface area contributed by atoms with Crippen molar-refractivity contribution in [3.63, 3.8) is 0 Å². The van der Waals surface area contributed by atoms with Gasteiger partial charge in [0.1, 0.15) is 6.61 Å². The Morgan fingerprint density at radius 1 is 1.06 bits per heavy atom. The molecule has 0 radical (unpaired) electrons. The van der Waals surface area contributed by atoms with Gasteiger partial charge in [0, 0.05) is 26.2 Å². The molecule has 164 valence electrons. The van der Waals surface area contributed by atoms with Crippen LogP contribution in [-0.4, -0.2) is 70.1 Å². The molecule has 1 fully saturated rings. The van der Waals surface area contributed by atoms with Gasteiger partial charge >= 0.3 is 6.03 Å². The lowest BCUT2D eigenvalue weighted by molar-refractivity contribution is 0.170. The van der Waals surface area contributed by atoms with Gasteiger partial charge in [0.25, 0.3) is 0 Å². The molecule has 1 aliphatic rings. The largest absolute Gasteiger partial charge is 0.493 e. The van der Waals surface area contributed by atoms with Crippen molar-refractivity contribution in [1.82, 2.24) is 14.5 Å². The third-order valence-corrected chi connectivity index (χ3v) is 6.76. The summed E-state index contributed by atoms with van der Waals surface area (Å²) >= 11 is 0. The number of amides is 2. The second-order valence-electron chi connectivity index (χ2n) is 6.76. The quantitative estimate of drug-likeness (QED) is 0.650. The van der Waals surface area contributed by atoms with Crippen LogP contribution >= 0.6 is 0 Å². The third kappa shape index (κ3) is 5.45. The lowest BCUT2D eigenvalue weighted by Crippen LogP contribution is -2.53. The van der Waals surface area contributed by atoms with E-state index in [-0.39, 0.29) is 43.7 Å². The molecule has 1 N–H and O–H groups in total. The smallest absolute Gasteiger partial charge is 0.317 e. The summed E-state index contributed by atoms with van der Waals surface area (Å²) in [5.74, 6) is 1.22. The first-order valence-electron chi connectivity index (χ1n) is 9.74. The van der Waals surface area contributed by atoms with Gasteiger partial charge in [-0.25, -0.2) is 13.2 Å². The topological polar surface area (TPSA) is 112 Å². The van der Waals surface area contributed by atoms with Crippen LogP contribution in [0.3, 0.4) is 0 Å². The van der Waals surface area contributed by atoms with Crippen LogP contribution in [0, 0.1) is 11.3 Å². The highest BCUT2D eigenvalue weighted by molar-refractivity contribution is 7.89. The molecule has 0 saturated carbocycles. The fraction of sp³-hybridized carbons (Fsp3) is 0.333. The number of piperazine rings is 1. The molecular formula is C21H24N4O5S. The zero-order chi connectivity index (χ0) is 22.3. The predicted octanol–water partition coefficient (Wildman–Crippen LogP) is 1.66. The number of carbonyl (C=O) groups excluding carboxylic acids is 1. The maximum absolute atomic E-state index is 12.8. The number of hydrogen-bond donors (Lipinski definition) is 1. The average Bonchev–Trinajstić information content (AvgIpc) is 2.82. The Hall–Kier alpha value is -3.29. The summed E-state index contributed by atoms with van der Waals surface area (Å²) in [6, 6.07) is 14.8. The summed E-state index contributed by atoms with van der Waals surface area (Å²) in [7, 11) is -2.10. The maximum Gasteiger partial charge on any atom is 0.317 e. The van der Waals surface area contributed by atoms with E-state index in [2.05, 4.69) is 5.32 Å². The molecule has 1 saturated heterocycles. The molecule has 10 heteroatoms. The van der Waals surface area contributed by atoms with E-state index < -0.39 is 10.0 Å². The van der Waals surface area contributed by atoms with Crippen molar-refractivity contribution in [3.05, 3.63) is 54.1 Å². The van der Waals surface area contributed by atoms with E-state index in [0.29, 0.717) is 23.6 Å². The number of ether oxygens (including phenoxy) is 2. The molecule has 0 atom stereocenters. The minimum atomic E-state index is -3.66. The van der Waals surface area contributed by atoms with Crippen LogP contribution in [0.2, 0.25) is 0 Å². The Kier molecular flexibility index (Phi) is 7.33. The number of carbonyl (C=O) groups is 1. The maximum atomic E-state index is 12.8. The van der Waals surface area contributed by atoms with Gasteiger partial charge in [-0.1, -0.05) is 12.1 Å². The Morgan fingerprint density at radius 2 is 1.71 bits per heavy atom. The van der Waals surface area contributed by atoms with Crippen LogP contribution in [-0.2, 0) is 10.0 Å². The first-order chi connectivity index (χ1) is 15.0. The Bertz CT molecular complexity index is 1040. The Morgan fingerprint density at radius 3 is 2.32 bits per heavy atom. The van der Waals surface area contributed by atoms with Gasteiger partial charge in [-0.15, -0.1) is 0 Å². The number of benzene rings is 2. The minimum absolute atomic E-state index is 0.137. The van der Waals surface area contributed by atoms with Crippen LogP contribution in [0.1, 0.15) is 5.56 Å². The molecule has 3 rings (SSSR count). The van der Waals surface area contributed by atoms with Crippen molar-refractivity contribution >= 4 is 16.1 Å². The van der Waals surface area contributed by atoms with Crippen LogP contribution < -0.4 is 14.8 Å². The van der Waals surface area contributed by atoms with Gasteiger partial charge in [0.2, 0.25) is 10.0 Å². The molecular weight excluding hydrogens is 420 g/mol. The average molecular weight is 445 g/mol. The summed E-state index contributed by atoms with van der Waals surface area (Å²) in [5.41, 5.74) is 0.398. The number of nitrogens with one attached hydrogen (secondary N) is 1. The van der Waals surface area contributed by atoms with Crippen molar-refractivity contribution in [2.24, 2.45) is 0 Å². The van der Waals surface area contributed by atoms with Gasteiger partial charge in [0.15, 0.2) is 11.5 Å². The number of hydrogen-bond acceptors (Lipinski definition) is 6. The van der Waals surface area contributed by atoms with Crippen molar-refractivity contribution in [3.8, 4) is 17.6 Å². The van der Waals surface area contributed by atoms with Crippen LogP contribution in [0.25, 0.3) is 0 Å². The monoisotopic (exact) mass is 444 g/mol. The molecule has 9 nitrogen and oxygen atoms in total. The van der Waals surface area contributed by atoms with Crippen molar-refractivity contribution in [2.45, 2.75) is 4.90 Å². The van der Waals surface area contributed by atoms with Crippen molar-refractivity contribution < 1.29 is 22.7 Å². The molecule has 2 amide bonds. The highest BCUT2D eigenvalue weighted by Gasteiger charge is 2.30. The van der Waals surface area contributed by atoms with Gasteiger partial charge < -0.3 is 19.7 Å². The normalized spacial score (nSPS) is 14.5. The van der Waals surface area contributed by atoms with Crippen LogP contribution in [0.5, 0.6) is 11.5 Å². The van der Waals surface area contributed by atoms with E-state index >= 15 is 0 Å². The third-order valence-electron chi connectivity index (χ3n) is 4.85. The van der Waals surface area contributed by atoms with Crippen LogP contribution in [0.4, 0.5) is 4.79 Å². The number of methoxy groups -OCH3 is 1. The Labute approximate surface area is 181 Å². The lowest BCUT2D eigenvalue weighted by atomic mass is 10.2. The van der Waals surface area contributed by atoms with E-state index in [9.17, 15) is 13.2 Å². The molecule has 31 heavy (non-hydrogen) atoms. The molecule has 0 unspecified atom stereocenters. The predicted molar refractivity (Wildman–Crippen MR) is 113 cm³/mol. The second kappa shape index (κ2) is 10.1. The molecule has 1 aliphatic heterocycles. The standard InChI is InChI=1S/C21H24N4O5S/c1-29-19-4-2-3-5-20(19)30-15-10-23-21(26)24-11-13-25(14-12-24)31(27,28)18-8-6-17(16-22)7-9-18/h2-9H,10-15H2,1H3,(H,23,26). The lowest BCUT2D eigenvalue weighted by Gasteiger charge is -2.34. The molecule has 0 bridgehead atoms. The first-order valence-corrected chi connectivity index (χ1v) is 11.2. The summed E-state index contributed by atoms with van der Waals surface area (Å²) in [6.45, 7) is 1.56. The summed E-state index contributed by atoms with van der Waals surface area (Å²) < 4.78 is 37.7. The van der Waals surface area contributed by atoms with Crippen molar-refractivity contribution in [1.29, 1.82) is 5.26 Å². The zero-order valence-electron chi connectivity index (χ0n) is 17.2. The highest BCUT2D eigenvalue weighted by atomic mass is 32.2. The summed E-state index contributed by atoms with van der Waals surface area (Å²) in [5, 5.41) is 11.6. The number of nitriles is 1. The SMILES string of the molecule is COc1ccccc1OCCNC(=O)N1CCN(S(=O)(=O)c2ccc(C#N)cc2)CC1. The number of rotatable bonds is 7. The number of sulfonamides is 1. The molecule has 0 aliphatic carbocycles. The summed E-state index contributed by atoms with van der Waals surface area (Å²) in [4.78, 5) is 14.1. The van der Waals surface area contributed by atoms with E-state index in [1.54, 1.807) is 24.1 Å². The number of para-hydroxylation sites is 2. The van der Waals surface area contributed by atoms with Crippen molar-refractivity contribution in [2.75, 3.05) is 46.4 Å². The summed E-state index contributed by atoms with van der Waals surface area (Å²) in [6.07, 6.45) is 0. The second-order valence-corrected chi connectivity index (χ2v) is 8.70. The van der Waals surface area contributed by atoms with E-state index in [1.807, 2.05) is 18.2 Å². The fourth-order valence-electron chi connectivity index (χ4n) is 3.15. The number of nitrogens with zero attached hydrogens (tertiary/aromatic N) is 3. The van der Waals surface area contributed by atoms with E-state index in [1.165, 1.54) is 28.6 Å². The first kappa shape index (κ1) is 22.4. The number of urea groups is 1. The highest BCUT2D eigenvalue weighted by Crippen LogP contribution is 2.25. The Balaban J connectivity index is 1.45. The molecule has 2 aromatic carbocycles. The van der Waals surface area contributed by atoms with Gasteiger partial charge in [0.05, 0.1) is 30.2 Å². The van der Waals surface area contributed by atoms with E-state index in [4.69, 9.17) is 14.7 Å². The molecule has 0 aromatic heterocycles. The van der Waals surface area contributed by atoms with Crippen LogP contribution in [0.15, 0.2) is 53.4 Å². The van der Waals surface area contributed by atoms with Gasteiger partial charge in [-0.3, -0.25) is 0 Å². The van der Waals surface area contributed by atoms with Gasteiger partial charge in [-0.2, -0.15) is 9.57 Å². The molecule has 2 aromatic rings. The van der Waals surface area contributed by atoms with Gasteiger partial charge in [-0.05, 0) is 36.4 Å².